The second-order valence-corrected chi connectivity index (χ2v) is 5.28. The van der Waals surface area contributed by atoms with Gasteiger partial charge in [0.1, 0.15) is 6.61 Å². The van der Waals surface area contributed by atoms with Crippen molar-refractivity contribution in [3.05, 3.63) is 64.7 Å². The van der Waals surface area contributed by atoms with Gasteiger partial charge >= 0.3 is 5.97 Å². The summed E-state index contributed by atoms with van der Waals surface area (Å²) >= 11 is 0. The summed E-state index contributed by atoms with van der Waals surface area (Å²) in [5.41, 5.74) is 7.26. The molecule has 0 heterocycles. The number of ketones is 2. The maximum Gasteiger partial charge on any atom is 0.319 e. The van der Waals surface area contributed by atoms with Crippen molar-refractivity contribution in [2.45, 2.75) is 0 Å². The van der Waals surface area contributed by atoms with Crippen LogP contribution in [0.5, 0.6) is 0 Å². The smallest absolute Gasteiger partial charge is 0.319 e. The minimum Gasteiger partial charge on any atom is -0.463 e. The Morgan fingerprint density at radius 3 is 2.33 bits per heavy atom. The zero-order chi connectivity index (χ0) is 17.1. The number of nitrogens with one attached hydrogen (secondary N) is 1. The van der Waals surface area contributed by atoms with Gasteiger partial charge in [-0.1, -0.05) is 36.4 Å². The Kier molecular flexibility index (Phi) is 4.39. The van der Waals surface area contributed by atoms with E-state index in [1.807, 2.05) is 0 Å². The summed E-state index contributed by atoms with van der Waals surface area (Å²) in [6.45, 7) is 0.258. The van der Waals surface area contributed by atoms with E-state index in [0.717, 1.165) is 0 Å². The van der Waals surface area contributed by atoms with Crippen molar-refractivity contribution in [3.8, 4) is 0 Å². The van der Waals surface area contributed by atoms with Crippen molar-refractivity contribution in [2.24, 2.45) is 5.73 Å². The normalized spacial score (nSPS) is 12.4. The zero-order valence-corrected chi connectivity index (χ0v) is 12.9. The van der Waals surface area contributed by atoms with Crippen LogP contribution in [0.25, 0.3) is 0 Å². The Hall–Kier alpha value is -2.99. The largest absolute Gasteiger partial charge is 0.463 e. The fraction of sp³-hybridized carbons (Fsp3) is 0.167. The Balaban J connectivity index is 1.86. The highest BCUT2D eigenvalue weighted by Gasteiger charge is 2.31. The van der Waals surface area contributed by atoms with E-state index in [2.05, 4.69) is 5.32 Å². The van der Waals surface area contributed by atoms with Crippen LogP contribution >= 0.6 is 0 Å². The first-order chi connectivity index (χ1) is 11.6. The average Bonchev–Trinajstić information content (AvgIpc) is 2.62. The van der Waals surface area contributed by atoms with Crippen LogP contribution in [-0.4, -0.2) is 37.2 Å². The van der Waals surface area contributed by atoms with Crippen molar-refractivity contribution in [2.75, 3.05) is 25.0 Å². The molecule has 0 saturated carbocycles. The van der Waals surface area contributed by atoms with Crippen molar-refractivity contribution in [3.63, 3.8) is 0 Å². The molecule has 1 aliphatic rings. The van der Waals surface area contributed by atoms with Crippen LogP contribution < -0.4 is 11.1 Å². The first-order valence-corrected chi connectivity index (χ1v) is 7.54. The number of rotatable bonds is 5. The Morgan fingerprint density at radius 2 is 1.62 bits per heavy atom. The monoisotopic (exact) mass is 324 g/mol. The lowest BCUT2D eigenvalue weighted by Crippen LogP contribution is -2.24. The number of anilines is 1. The molecule has 0 amide bonds. The van der Waals surface area contributed by atoms with Crippen LogP contribution in [-0.2, 0) is 9.53 Å². The second-order valence-electron chi connectivity index (χ2n) is 5.28. The summed E-state index contributed by atoms with van der Waals surface area (Å²) in [5, 5.41) is 3.04. The van der Waals surface area contributed by atoms with Crippen molar-refractivity contribution >= 4 is 23.2 Å². The molecule has 122 valence electrons. The molecule has 2 aromatic rings. The maximum atomic E-state index is 12.8. The number of fused-ring (bicyclic) bond motifs is 2. The summed E-state index contributed by atoms with van der Waals surface area (Å²) < 4.78 is 4.88. The van der Waals surface area contributed by atoms with E-state index in [9.17, 15) is 14.4 Å². The minimum atomic E-state index is -0.493. The van der Waals surface area contributed by atoms with E-state index in [1.54, 1.807) is 42.5 Å². The highest BCUT2D eigenvalue weighted by atomic mass is 16.5. The molecule has 0 spiro atoms. The molecule has 6 nitrogen and oxygen atoms in total. The van der Waals surface area contributed by atoms with E-state index < -0.39 is 5.97 Å². The van der Waals surface area contributed by atoms with Gasteiger partial charge in [0.05, 0.1) is 12.1 Å². The topological polar surface area (TPSA) is 98.5 Å². The van der Waals surface area contributed by atoms with E-state index in [4.69, 9.17) is 10.5 Å². The summed E-state index contributed by atoms with van der Waals surface area (Å²) in [6, 6.07) is 11.9. The molecule has 0 unspecified atom stereocenters. The molecule has 6 heteroatoms. The average molecular weight is 324 g/mol. The van der Waals surface area contributed by atoms with Crippen LogP contribution in [0.2, 0.25) is 0 Å². The second kappa shape index (κ2) is 6.64. The number of ether oxygens (including phenoxy) is 1. The standard InChI is InChI=1S/C18H16N2O4/c19-10-15(21)24-9-8-20-14-7-3-6-13-16(14)18(23)12-5-2-1-4-11(12)17(13)22/h1-7,20H,8-10,19H2. The molecule has 0 atom stereocenters. The number of carbonyl (C=O) groups excluding carboxylic acids is 3. The highest BCUT2D eigenvalue weighted by Crippen LogP contribution is 2.31. The van der Waals surface area contributed by atoms with Crippen molar-refractivity contribution < 1.29 is 19.1 Å². The summed E-state index contributed by atoms with van der Waals surface area (Å²) in [7, 11) is 0. The zero-order valence-electron chi connectivity index (χ0n) is 12.9. The van der Waals surface area contributed by atoms with E-state index in [0.29, 0.717) is 34.5 Å². The molecule has 3 N–H and O–H groups in total. The third-order valence-electron chi connectivity index (χ3n) is 3.80. The van der Waals surface area contributed by atoms with Crippen LogP contribution in [0.4, 0.5) is 5.69 Å². The third-order valence-corrected chi connectivity index (χ3v) is 3.80. The Labute approximate surface area is 138 Å². The first kappa shape index (κ1) is 15.9. The molecule has 0 saturated heterocycles. The molecule has 0 fully saturated rings. The molecular weight excluding hydrogens is 308 g/mol. The van der Waals surface area contributed by atoms with Crippen LogP contribution in [0.1, 0.15) is 31.8 Å². The van der Waals surface area contributed by atoms with E-state index in [1.165, 1.54) is 0 Å². The number of hydrogen-bond donors (Lipinski definition) is 2. The van der Waals surface area contributed by atoms with Crippen LogP contribution in [0, 0.1) is 0 Å². The lowest BCUT2D eigenvalue weighted by molar-refractivity contribution is -0.141. The lowest BCUT2D eigenvalue weighted by atomic mass is 9.83. The van der Waals surface area contributed by atoms with Crippen LogP contribution in [0.3, 0.4) is 0 Å². The summed E-state index contributed by atoms with van der Waals surface area (Å²) in [6.07, 6.45) is 0. The van der Waals surface area contributed by atoms with Gasteiger partial charge in [-0.15, -0.1) is 0 Å². The fourth-order valence-corrected chi connectivity index (χ4v) is 2.70. The number of hydrogen-bond acceptors (Lipinski definition) is 6. The summed E-state index contributed by atoms with van der Waals surface area (Å²) in [4.78, 5) is 36.4. The number of esters is 1. The molecule has 0 aliphatic heterocycles. The van der Waals surface area contributed by atoms with Gasteiger partial charge < -0.3 is 15.8 Å². The molecule has 0 aromatic heterocycles. The highest BCUT2D eigenvalue weighted by molar-refractivity contribution is 6.30. The fourth-order valence-electron chi connectivity index (χ4n) is 2.70. The molecule has 3 rings (SSSR count). The predicted octanol–water partition coefficient (Wildman–Crippen LogP) is 1.38. The van der Waals surface area contributed by atoms with Gasteiger partial charge in [0.2, 0.25) is 0 Å². The molecule has 0 bridgehead atoms. The van der Waals surface area contributed by atoms with Gasteiger partial charge in [-0.05, 0) is 6.07 Å². The van der Waals surface area contributed by atoms with Gasteiger partial charge in [0.25, 0.3) is 0 Å². The predicted molar refractivity (Wildman–Crippen MR) is 88.3 cm³/mol. The van der Waals surface area contributed by atoms with Crippen molar-refractivity contribution in [1.82, 2.24) is 0 Å². The molecule has 1 aliphatic carbocycles. The molecule has 24 heavy (non-hydrogen) atoms. The van der Waals surface area contributed by atoms with Gasteiger partial charge in [0.15, 0.2) is 11.6 Å². The van der Waals surface area contributed by atoms with Gasteiger partial charge in [-0.3, -0.25) is 14.4 Å². The van der Waals surface area contributed by atoms with E-state index >= 15 is 0 Å². The quantitative estimate of drug-likeness (QED) is 0.543. The lowest BCUT2D eigenvalue weighted by Gasteiger charge is -2.20. The minimum absolute atomic E-state index is 0.123. The summed E-state index contributed by atoms with van der Waals surface area (Å²) in [5.74, 6) is -0.854. The van der Waals surface area contributed by atoms with E-state index in [-0.39, 0.29) is 24.7 Å². The SMILES string of the molecule is NCC(=O)OCCNc1cccc2c1C(=O)c1ccccc1C2=O. The van der Waals surface area contributed by atoms with Gasteiger partial charge in [0, 0.05) is 28.9 Å². The Bertz CT molecular complexity index is 830. The molecular formula is C18H16N2O4. The van der Waals surface area contributed by atoms with Gasteiger partial charge in [-0.25, -0.2) is 0 Å². The third kappa shape index (κ3) is 2.79. The molecule has 2 aromatic carbocycles. The van der Waals surface area contributed by atoms with Crippen molar-refractivity contribution in [1.29, 1.82) is 0 Å². The first-order valence-electron chi connectivity index (χ1n) is 7.54. The molecule has 0 radical (unpaired) electrons. The van der Waals surface area contributed by atoms with Crippen LogP contribution in [0.15, 0.2) is 42.5 Å². The maximum absolute atomic E-state index is 12.8. The number of benzene rings is 2. The number of nitrogens with two attached hydrogens (primary N) is 1. The Morgan fingerprint density at radius 1 is 0.958 bits per heavy atom. The van der Waals surface area contributed by atoms with Gasteiger partial charge in [-0.2, -0.15) is 0 Å². The number of carbonyl (C=O) groups is 3.